The fourth-order valence-electron chi connectivity index (χ4n) is 2.27. The molecule has 4 nitrogen and oxygen atoms in total. The normalized spacial score (nSPS) is 10.7. The molecule has 0 atom stereocenters. The molecule has 0 N–H and O–H groups in total. The van der Waals surface area contributed by atoms with Crippen molar-refractivity contribution < 1.29 is 19.0 Å². The zero-order valence-corrected chi connectivity index (χ0v) is 13.8. The van der Waals surface area contributed by atoms with Crippen molar-refractivity contribution in [2.75, 3.05) is 33.5 Å². The largest absolute Gasteiger partial charge is 0.468 e. The maximum atomic E-state index is 9.93. The number of ether oxygens (including phenoxy) is 3. The van der Waals surface area contributed by atoms with E-state index in [0.29, 0.717) is 19.7 Å². The van der Waals surface area contributed by atoms with Crippen molar-refractivity contribution in [2.24, 2.45) is 0 Å². The van der Waals surface area contributed by atoms with E-state index in [1.54, 1.807) is 7.11 Å². The quantitative estimate of drug-likeness (QED) is 0.282. The van der Waals surface area contributed by atoms with Crippen LogP contribution in [0.4, 0.5) is 0 Å². The second-order valence-electron chi connectivity index (χ2n) is 5.46. The minimum Gasteiger partial charge on any atom is -0.468 e. The van der Waals surface area contributed by atoms with E-state index in [9.17, 15) is 4.79 Å². The second kappa shape index (κ2) is 19.4. The van der Waals surface area contributed by atoms with Crippen LogP contribution in [0.5, 0.6) is 0 Å². The van der Waals surface area contributed by atoms with Crippen LogP contribution in [0.3, 0.4) is 0 Å². The Balaban J connectivity index is 2.91. The highest BCUT2D eigenvalue weighted by molar-refractivity contribution is 5.36. The predicted octanol–water partition coefficient (Wildman–Crippen LogP) is 4.11. The van der Waals surface area contributed by atoms with Crippen LogP contribution in [0, 0.1) is 0 Å². The summed E-state index contributed by atoms with van der Waals surface area (Å²) in [5.74, 6) is 0. The lowest BCUT2D eigenvalue weighted by Gasteiger charge is -2.04. The molecular formula is C17H34O4. The van der Waals surface area contributed by atoms with E-state index >= 15 is 0 Å². The number of unbranched alkanes of at least 4 members (excludes halogenated alkanes) is 10. The van der Waals surface area contributed by atoms with Crippen molar-refractivity contribution in [3.05, 3.63) is 0 Å². The van der Waals surface area contributed by atoms with Gasteiger partial charge < -0.3 is 14.2 Å². The van der Waals surface area contributed by atoms with Gasteiger partial charge in [-0.1, -0.05) is 57.8 Å². The summed E-state index contributed by atoms with van der Waals surface area (Å²) in [7, 11) is 1.70. The summed E-state index contributed by atoms with van der Waals surface area (Å²) in [6.45, 7) is 3.41. The smallest absolute Gasteiger partial charge is 0.293 e. The molecule has 0 spiro atoms. The molecular weight excluding hydrogens is 268 g/mol. The molecule has 126 valence electrons. The van der Waals surface area contributed by atoms with Gasteiger partial charge in [-0.25, -0.2) is 0 Å². The Kier molecular flexibility index (Phi) is 18.8. The summed E-state index contributed by atoms with van der Waals surface area (Å²) in [4.78, 5) is 9.93. The summed E-state index contributed by atoms with van der Waals surface area (Å²) >= 11 is 0. The topological polar surface area (TPSA) is 44.8 Å². The van der Waals surface area contributed by atoms with Gasteiger partial charge in [-0.15, -0.1) is 0 Å². The SMILES string of the molecule is COCCOCCCCCCCCCCCCCOC=O. The lowest BCUT2D eigenvalue weighted by atomic mass is 10.1. The van der Waals surface area contributed by atoms with Crippen molar-refractivity contribution in [3.63, 3.8) is 0 Å². The first-order valence-corrected chi connectivity index (χ1v) is 8.53. The molecule has 0 aliphatic rings. The Morgan fingerprint density at radius 3 is 1.57 bits per heavy atom. The van der Waals surface area contributed by atoms with Crippen LogP contribution in [-0.4, -0.2) is 40.0 Å². The first-order valence-electron chi connectivity index (χ1n) is 8.53. The van der Waals surface area contributed by atoms with Crippen LogP contribution in [0.2, 0.25) is 0 Å². The molecule has 0 saturated heterocycles. The number of carbonyl (C=O) groups is 1. The minimum absolute atomic E-state index is 0.533. The van der Waals surface area contributed by atoms with Gasteiger partial charge >= 0.3 is 0 Å². The maximum absolute atomic E-state index is 9.93. The van der Waals surface area contributed by atoms with Crippen molar-refractivity contribution in [3.8, 4) is 0 Å². The van der Waals surface area contributed by atoms with Gasteiger partial charge in [0.1, 0.15) is 0 Å². The Morgan fingerprint density at radius 2 is 1.10 bits per heavy atom. The van der Waals surface area contributed by atoms with Crippen molar-refractivity contribution in [1.29, 1.82) is 0 Å². The molecule has 0 unspecified atom stereocenters. The highest BCUT2D eigenvalue weighted by atomic mass is 16.5. The van der Waals surface area contributed by atoms with Gasteiger partial charge in [0, 0.05) is 13.7 Å². The standard InChI is InChI=1S/C17H34O4/c1-19-15-16-20-13-11-9-7-5-3-2-4-6-8-10-12-14-21-17-18/h17H,2-16H2,1H3. The Hall–Kier alpha value is -0.610. The van der Waals surface area contributed by atoms with Crippen LogP contribution in [0.15, 0.2) is 0 Å². The van der Waals surface area contributed by atoms with E-state index in [4.69, 9.17) is 9.47 Å². The van der Waals surface area contributed by atoms with E-state index in [-0.39, 0.29) is 0 Å². The molecule has 0 bridgehead atoms. The highest BCUT2D eigenvalue weighted by Gasteiger charge is 1.94. The molecule has 4 heteroatoms. The summed E-state index contributed by atoms with van der Waals surface area (Å²) in [6.07, 6.45) is 14.0. The second-order valence-corrected chi connectivity index (χ2v) is 5.46. The van der Waals surface area contributed by atoms with Gasteiger partial charge in [0.15, 0.2) is 0 Å². The highest BCUT2D eigenvalue weighted by Crippen LogP contribution is 2.11. The van der Waals surface area contributed by atoms with Crippen molar-refractivity contribution >= 4 is 6.47 Å². The van der Waals surface area contributed by atoms with Gasteiger partial charge in [-0.05, 0) is 12.8 Å². The lowest BCUT2D eigenvalue weighted by Crippen LogP contribution is -2.02. The zero-order valence-electron chi connectivity index (χ0n) is 13.8. The Bertz CT molecular complexity index is 197. The van der Waals surface area contributed by atoms with Gasteiger partial charge in [-0.2, -0.15) is 0 Å². The van der Waals surface area contributed by atoms with E-state index in [2.05, 4.69) is 4.74 Å². The van der Waals surface area contributed by atoms with Crippen LogP contribution < -0.4 is 0 Å². The van der Waals surface area contributed by atoms with Crippen LogP contribution in [0.1, 0.15) is 70.6 Å². The van der Waals surface area contributed by atoms with Crippen LogP contribution >= 0.6 is 0 Å². The van der Waals surface area contributed by atoms with Crippen LogP contribution in [-0.2, 0) is 19.0 Å². The third kappa shape index (κ3) is 19.4. The molecule has 0 radical (unpaired) electrons. The predicted molar refractivity (Wildman–Crippen MR) is 85.5 cm³/mol. The molecule has 0 fully saturated rings. The molecule has 0 aliphatic carbocycles. The van der Waals surface area contributed by atoms with E-state index in [1.807, 2.05) is 0 Å². The number of hydrogen-bond acceptors (Lipinski definition) is 4. The third-order valence-electron chi connectivity index (χ3n) is 3.55. The van der Waals surface area contributed by atoms with Gasteiger partial charge in [0.25, 0.3) is 6.47 Å². The number of methoxy groups -OCH3 is 1. The molecule has 0 aromatic heterocycles. The molecule has 0 aromatic carbocycles. The molecule has 0 saturated carbocycles. The van der Waals surface area contributed by atoms with E-state index < -0.39 is 0 Å². The monoisotopic (exact) mass is 302 g/mol. The number of hydrogen-bond donors (Lipinski definition) is 0. The average Bonchev–Trinajstić information content (AvgIpc) is 2.50. The summed E-state index contributed by atoms with van der Waals surface area (Å²) in [6, 6.07) is 0. The first kappa shape index (κ1) is 20.4. The maximum Gasteiger partial charge on any atom is 0.293 e. The average molecular weight is 302 g/mol. The first-order chi connectivity index (χ1) is 10.4. The van der Waals surface area contributed by atoms with Crippen LogP contribution in [0.25, 0.3) is 0 Å². The molecule has 0 aliphatic heterocycles. The fraction of sp³-hybridized carbons (Fsp3) is 0.941. The van der Waals surface area contributed by atoms with E-state index in [1.165, 1.54) is 64.2 Å². The number of carbonyl (C=O) groups excluding carboxylic acids is 1. The Morgan fingerprint density at radius 1 is 0.619 bits per heavy atom. The van der Waals surface area contributed by atoms with Gasteiger partial charge in [-0.3, -0.25) is 4.79 Å². The Labute approximate surface area is 130 Å². The molecule has 0 rings (SSSR count). The summed E-state index contributed by atoms with van der Waals surface area (Å²) in [5.41, 5.74) is 0. The zero-order chi connectivity index (χ0) is 15.4. The third-order valence-corrected chi connectivity index (χ3v) is 3.55. The minimum atomic E-state index is 0.533. The molecule has 0 aromatic rings. The summed E-state index contributed by atoms with van der Waals surface area (Å²) in [5, 5.41) is 0. The molecule has 21 heavy (non-hydrogen) atoms. The fourth-order valence-corrected chi connectivity index (χ4v) is 2.27. The number of rotatable bonds is 18. The van der Waals surface area contributed by atoms with Crippen molar-refractivity contribution in [1.82, 2.24) is 0 Å². The van der Waals surface area contributed by atoms with Gasteiger partial charge in [0.2, 0.25) is 0 Å². The van der Waals surface area contributed by atoms with E-state index in [0.717, 1.165) is 19.6 Å². The lowest BCUT2D eigenvalue weighted by molar-refractivity contribution is -0.128. The molecule has 0 amide bonds. The molecule has 0 heterocycles. The van der Waals surface area contributed by atoms with Crippen molar-refractivity contribution in [2.45, 2.75) is 70.6 Å². The van der Waals surface area contributed by atoms with Gasteiger partial charge in [0.05, 0.1) is 19.8 Å². The summed E-state index contributed by atoms with van der Waals surface area (Å²) < 4.78 is 15.0.